The van der Waals surface area contributed by atoms with E-state index in [1.165, 1.54) is 0 Å². The number of carboxylic acids is 1. The number of nitrogens with one attached hydrogen (secondary N) is 1. The van der Waals surface area contributed by atoms with Gasteiger partial charge in [0.1, 0.15) is 0 Å². The lowest BCUT2D eigenvalue weighted by Crippen LogP contribution is -2.32. The molecule has 6 nitrogen and oxygen atoms in total. The first-order valence-corrected chi connectivity index (χ1v) is 7.43. The number of amides is 1. The molecular formula is C17H21N3O3. The minimum absolute atomic E-state index is 0.207. The summed E-state index contributed by atoms with van der Waals surface area (Å²) in [6, 6.07) is 7.22. The minimum atomic E-state index is -0.869. The molecular weight excluding hydrogens is 294 g/mol. The van der Waals surface area contributed by atoms with Crippen LogP contribution in [0.25, 0.3) is 5.69 Å². The summed E-state index contributed by atoms with van der Waals surface area (Å²) in [5.41, 5.74) is 1.55. The van der Waals surface area contributed by atoms with Crippen LogP contribution in [0.1, 0.15) is 36.2 Å². The molecule has 0 aliphatic carbocycles. The summed E-state index contributed by atoms with van der Waals surface area (Å²) in [7, 11) is 0. The van der Waals surface area contributed by atoms with E-state index in [0.717, 1.165) is 11.3 Å². The van der Waals surface area contributed by atoms with Crippen LogP contribution in [-0.4, -0.2) is 33.3 Å². The number of carbonyl (C=O) groups is 2. The van der Waals surface area contributed by atoms with Crippen LogP contribution in [0.3, 0.4) is 0 Å². The summed E-state index contributed by atoms with van der Waals surface area (Å²) in [5.74, 6) is -1.08. The molecule has 0 bridgehead atoms. The van der Waals surface area contributed by atoms with Gasteiger partial charge in [-0.05, 0) is 57.0 Å². The summed E-state index contributed by atoms with van der Waals surface area (Å²) in [5, 5.41) is 16.0. The van der Waals surface area contributed by atoms with Crippen molar-refractivity contribution >= 4 is 11.9 Å². The van der Waals surface area contributed by atoms with Crippen LogP contribution in [0.2, 0.25) is 0 Å². The molecule has 23 heavy (non-hydrogen) atoms. The maximum absolute atomic E-state index is 12.2. The molecule has 1 amide bonds. The fraction of sp³-hybridized carbons (Fsp3) is 0.353. The molecule has 0 aliphatic heterocycles. The Morgan fingerprint density at radius 1 is 1.35 bits per heavy atom. The molecule has 122 valence electrons. The van der Waals surface area contributed by atoms with Crippen molar-refractivity contribution < 1.29 is 14.7 Å². The van der Waals surface area contributed by atoms with Crippen molar-refractivity contribution in [3.05, 3.63) is 47.8 Å². The first-order valence-electron chi connectivity index (χ1n) is 7.43. The van der Waals surface area contributed by atoms with E-state index in [1.807, 2.05) is 25.3 Å². The van der Waals surface area contributed by atoms with E-state index in [0.29, 0.717) is 18.5 Å². The normalized spacial score (nSPS) is 11.3. The van der Waals surface area contributed by atoms with Gasteiger partial charge in [0, 0.05) is 24.5 Å². The molecule has 0 aliphatic rings. The predicted octanol–water partition coefficient (Wildman–Crippen LogP) is 2.41. The van der Waals surface area contributed by atoms with E-state index in [2.05, 4.69) is 10.4 Å². The van der Waals surface area contributed by atoms with Gasteiger partial charge in [-0.1, -0.05) is 0 Å². The Bertz CT molecular complexity index is 706. The standard InChI is InChI=1S/C17H21N3O3/c1-12-11-13(5-6-14(12)20-10-4-8-19-20)15(21)18-9-7-17(2,3)16(22)23/h4-6,8,10-11H,7,9H2,1-3H3,(H,18,21)(H,22,23). The van der Waals surface area contributed by atoms with Gasteiger partial charge in [0.15, 0.2) is 0 Å². The molecule has 2 rings (SSSR count). The smallest absolute Gasteiger partial charge is 0.309 e. The van der Waals surface area contributed by atoms with Crippen LogP contribution >= 0.6 is 0 Å². The van der Waals surface area contributed by atoms with Gasteiger partial charge >= 0.3 is 5.97 Å². The zero-order chi connectivity index (χ0) is 17.0. The second-order valence-corrected chi connectivity index (χ2v) is 6.15. The Morgan fingerprint density at radius 3 is 2.65 bits per heavy atom. The van der Waals surface area contributed by atoms with Gasteiger partial charge in [-0.25, -0.2) is 4.68 Å². The number of aliphatic carboxylic acids is 1. The molecule has 0 atom stereocenters. The summed E-state index contributed by atoms with van der Waals surface area (Å²) in [6.45, 7) is 5.52. The molecule has 2 N–H and O–H groups in total. The van der Waals surface area contributed by atoms with E-state index in [1.54, 1.807) is 36.9 Å². The Balaban J connectivity index is 2.01. The van der Waals surface area contributed by atoms with Crippen LogP contribution in [0.15, 0.2) is 36.7 Å². The van der Waals surface area contributed by atoms with Gasteiger partial charge in [-0.3, -0.25) is 9.59 Å². The highest BCUT2D eigenvalue weighted by Gasteiger charge is 2.26. The number of carboxylic acid groups (broad SMARTS) is 1. The number of rotatable bonds is 6. The van der Waals surface area contributed by atoms with Gasteiger partial charge in [0.2, 0.25) is 0 Å². The van der Waals surface area contributed by atoms with Crippen molar-refractivity contribution in [3.8, 4) is 5.69 Å². The van der Waals surface area contributed by atoms with Crippen LogP contribution < -0.4 is 5.32 Å². The number of carbonyl (C=O) groups excluding carboxylic acids is 1. The van der Waals surface area contributed by atoms with Gasteiger partial charge in [-0.15, -0.1) is 0 Å². The van der Waals surface area contributed by atoms with E-state index >= 15 is 0 Å². The number of hydrogen-bond donors (Lipinski definition) is 2. The highest BCUT2D eigenvalue weighted by molar-refractivity contribution is 5.94. The Kier molecular flexibility index (Phi) is 4.83. The molecule has 1 heterocycles. The largest absolute Gasteiger partial charge is 0.481 e. The van der Waals surface area contributed by atoms with Gasteiger partial charge < -0.3 is 10.4 Å². The molecule has 0 fully saturated rings. The number of aromatic nitrogens is 2. The van der Waals surface area contributed by atoms with E-state index in [-0.39, 0.29) is 5.91 Å². The third kappa shape index (κ3) is 3.97. The van der Waals surface area contributed by atoms with Crippen molar-refractivity contribution in [1.82, 2.24) is 15.1 Å². The molecule has 0 unspecified atom stereocenters. The molecule has 0 radical (unpaired) electrons. The zero-order valence-electron chi connectivity index (χ0n) is 13.5. The average Bonchev–Trinajstić information content (AvgIpc) is 3.00. The predicted molar refractivity (Wildman–Crippen MR) is 86.7 cm³/mol. The van der Waals surface area contributed by atoms with Crippen molar-refractivity contribution in [3.63, 3.8) is 0 Å². The Hall–Kier alpha value is -2.63. The topological polar surface area (TPSA) is 84.2 Å². The fourth-order valence-electron chi connectivity index (χ4n) is 2.16. The number of nitrogens with zero attached hydrogens (tertiary/aromatic N) is 2. The summed E-state index contributed by atoms with van der Waals surface area (Å²) < 4.78 is 1.74. The molecule has 2 aromatic rings. The van der Waals surface area contributed by atoms with Crippen molar-refractivity contribution in [2.45, 2.75) is 27.2 Å². The Labute approximate surface area is 135 Å². The van der Waals surface area contributed by atoms with Gasteiger partial charge in [0.25, 0.3) is 5.91 Å². The van der Waals surface area contributed by atoms with E-state index in [4.69, 9.17) is 5.11 Å². The van der Waals surface area contributed by atoms with E-state index in [9.17, 15) is 9.59 Å². The van der Waals surface area contributed by atoms with Gasteiger partial charge in [-0.2, -0.15) is 5.10 Å². The number of benzene rings is 1. The maximum atomic E-state index is 12.2. The minimum Gasteiger partial charge on any atom is -0.481 e. The fourth-order valence-corrected chi connectivity index (χ4v) is 2.16. The lowest BCUT2D eigenvalue weighted by atomic mass is 9.89. The lowest BCUT2D eigenvalue weighted by Gasteiger charge is -2.19. The van der Waals surface area contributed by atoms with Crippen molar-refractivity contribution in [2.24, 2.45) is 5.41 Å². The van der Waals surface area contributed by atoms with Crippen LogP contribution in [-0.2, 0) is 4.79 Å². The third-order valence-electron chi connectivity index (χ3n) is 3.82. The Morgan fingerprint density at radius 2 is 2.09 bits per heavy atom. The van der Waals surface area contributed by atoms with Crippen molar-refractivity contribution in [1.29, 1.82) is 0 Å². The molecule has 0 saturated heterocycles. The molecule has 1 aromatic carbocycles. The quantitative estimate of drug-likeness (QED) is 0.857. The monoisotopic (exact) mass is 315 g/mol. The number of aryl methyl sites for hydroxylation is 1. The van der Waals surface area contributed by atoms with Crippen LogP contribution in [0.4, 0.5) is 0 Å². The first kappa shape index (κ1) is 16.7. The third-order valence-corrected chi connectivity index (χ3v) is 3.82. The van der Waals surface area contributed by atoms with Gasteiger partial charge in [0.05, 0.1) is 11.1 Å². The average molecular weight is 315 g/mol. The highest BCUT2D eigenvalue weighted by Crippen LogP contribution is 2.19. The summed E-state index contributed by atoms with van der Waals surface area (Å²) in [6.07, 6.45) is 3.92. The second kappa shape index (κ2) is 6.64. The van der Waals surface area contributed by atoms with Crippen LogP contribution in [0, 0.1) is 12.3 Å². The van der Waals surface area contributed by atoms with Crippen molar-refractivity contribution in [2.75, 3.05) is 6.54 Å². The molecule has 0 saturated carbocycles. The molecule has 0 spiro atoms. The zero-order valence-corrected chi connectivity index (χ0v) is 13.5. The summed E-state index contributed by atoms with van der Waals surface area (Å²) in [4.78, 5) is 23.2. The first-order chi connectivity index (χ1) is 10.8. The van der Waals surface area contributed by atoms with E-state index < -0.39 is 11.4 Å². The lowest BCUT2D eigenvalue weighted by molar-refractivity contribution is -0.147. The second-order valence-electron chi connectivity index (χ2n) is 6.15. The van der Waals surface area contributed by atoms with Crippen LogP contribution in [0.5, 0.6) is 0 Å². The number of hydrogen-bond acceptors (Lipinski definition) is 3. The maximum Gasteiger partial charge on any atom is 0.309 e. The summed E-state index contributed by atoms with van der Waals surface area (Å²) >= 11 is 0. The highest BCUT2D eigenvalue weighted by atomic mass is 16.4. The SMILES string of the molecule is Cc1cc(C(=O)NCCC(C)(C)C(=O)O)ccc1-n1cccn1. The molecule has 6 heteroatoms. The molecule has 1 aromatic heterocycles.